The molecule has 1 aromatic heterocycles. The van der Waals surface area contributed by atoms with Gasteiger partial charge < -0.3 is 9.47 Å². The van der Waals surface area contributed by atoms with Crippen LogP contribution in [0.5, 0.6) is 0 Å². The van der Waals surface area contributed by atoms with Crippen LogP contribution in [0, 0.1) is 0 Å². The van der Waals surface area contributed by atoms with Crippen LogP contribution in [0.25, 0.3) is 0 Å². The van der Waals surface area contributed by atoms with E-state index >= 15 is 0 Å². The van der Waals surface area contributed by atoms with E-state index < -0.39 is 0 Å². The maximum absolute atomic E-state index is 12.6. The standard InChI is InChI=1S/C17H23N3OS/c1-4-19-11-10-18-17(19)22-13-16(21)20(14(2)3)12-15-8-6-5-7-9-15/h5-11,14H,4,12-13H2,1-3H3. The minimum atomic E-state index is 0.148. The van der Waals surface area contributed by atoms with Gasteiger partial charge in [-0.3, -0.25) is 4.79 Å². The van der Waals surface area contributed by atoms with E-state index in [9.17, 15) is 4.79 Å². The molecule has 0 spiro atoms. The number of benzene rings is 1. The number of amides is 1. The van der Waals surface area contributed by atoms with Gasteiger partial charge in [0.2, 0.25) is 5.91 Å². The lowest BCUT2D eigenvalue weighted by molar-refractivity contribution is -0.130. The van der Waals surface area contributed by atoms with Gasteiger partial charge in [-0.05, 0) is 26.3 Å². The molecule has 2 aromatic rings. The SMILES string of the molecule is CCn1ccnc1SCC(=O)N(Cc1ccccc1)C(C)C. The van der Waals surface area contributed by atoms with Gasteiger partial charge >= 0.3 is 0 Å². The predicted molar refractivity (Wildman–Crippen MR) is 90.8 cm³/mol. The van der Waals surface area contributed by atoms with Crippen LogP contribution in [-0.2, 0) is 17.9 Å². The number of hydrogen-bond acceptors (Lipinski definition) is 3. The zero-order chi connectivity index (χ0) is 15.9. The van der Waals surface area contributed by atoms with E-state index in [-0.39, 0.29) is 11.9 Å². The maximum Gasteiger partial charge on any atom is 0.233 e. The molecule has 0 bridgehead atoms. The molecule has 0 atom stereocenters. The molecular formula is C17H23N3OS. The van der Waals surface area contributed by atoms with Crippen molar-refractivity contribution in [3.63, 3.8) is 0 Å². The van der Waals surface area contributed by atoms with Crippen LogP contribution >= 0.6 is 11.8 Å². The van der Waals surface area contributed by atoms with Gasteiger partial charge in [0.05, 0.1) is 5.75 Å². The first-order valence-corrected chi connectivity index (χ1v) is 8.57. The summed E-state index contributed by atoms with van der Waals surface area (Å²) >= 11 is 1.50. The summed E-state index contributed by atoms with van der Waals surface area (Å²) in [5, 5.41) is 0.902. The second kappa shape index (κ2) is 8.03. The molecule has 0 fully saturated rings. The van der Waals surface area contributed by atoms with Crippen LogP contribution in [0.2, 0.25) is 0 Å². The van der Waals surface area contributed by atoms with Crippen molar-refractivity contribution in [3.8, 4) is 0 Å². The fourth-order valence-electron chi connectivity index (χ4n) is 2.22. The molecule has 22 heavy (non-hydrogen) atoms. The molecule has 1 heterocycles. The monoisotopic (exact) mass is 317 g/mol. The summed E-state index contributed by atoms with van der Waals surface area (Å²) in [5.41, 5.74) is 1.16. The highest BCUT2D eigenvalue weighted by atomic mass is 32.2. The summed E-state index contributed by atoms with van der Waals surface area (Å²) < 4.78 is 2.05. The predicted octanol–water partition coefficient (Wildman–Crippen LogP) is 3.43. The van der Waals surface area contributed by atoms with Crippen LogP contribution < -0.4 is 0 Å². The van der Waals surface area contributed by atoms with Crippen LogP contribution in [0.15, 0.2) is 47.9 Å². The third-order valence-electron chi connectivity index (χ3n) is 3.48. The van der Waals surface area contributed by atoms with Crippen LogP contribution in [-0.4, -0.2) is 32.2 Å². The Balaban J connectivity index is 1.98. The number of carbonyl (C=O) groups is 1. The van der Waals surface area contributed by atoms with E-state index in [1.165, 1.54) is 11.8 Å². The van der Waals surface area contributed by atoms with Gasteiger partial charge in [0, 0.05) is 31.5 Å². The lowest BCUT2D eigenvalue weighted by atomic mass is 10.2. The second-order valence-corrected chi connectivity index (χ2v) is 6.33. The third kappa shape index (κ3) is 4.37. The Morgan fingerprint density at radius 1 is 1.32 bits per heavy atom. The summed E-state index contributed by atoms with van der Waals surface area (Å²) in [6.45, 7) is 7.70. The third-order valence-corrected chi connectivity index (χ3v) is 4.47. The van der Waals surface area contributed by atoms with Gasteiger partial charge in [-0.15, -0.1) is 0 Å². The molecular weight excluding hydrogens is 294 g/mol. The van der Waals surface area contributed by atoms with Gasteiger partial charge in [-0.2, -0.15) is 0 Å². The number of carbonyl (C=O) groups excluding carboxylic acids is 1. The topological polar surface area (TPSA) is 38.1 Å². The van der Waals surface area contributed by atoms with Crippen LogP contribution in [0.1, 0.15) is 26.3 Å². The average molecular weight is 317 g/mol. The van der Waals surface area contributed by atoms with Crippen molar-refractivity contribution in [1.82, 2.24) is 14.5 Å². The molecule has 0 N–H and O–H groups in total. The fraction of sp³-hybridized carbons (Fsp3) is 0.412. The summed E-state index contributed by atoms with van der Waals surface area (Å²) in [6, 6.07) is 10.3. The molecule has 0 aliphatic rings. The summed E-state index contributed by atoms with van der Waals surface area (Å²) in [6.07, 6.45) is 3.72. The van der Waals surface area contributed by atoms with Gasteiger partial charge in [0.15, 0.2) is 5.16 Å². The summed E-state index contributed by atoms with van der Waals surface area (Å²) in [4.78, 5) is 18.8. The molecule has 0 unspecified atom stereocenters. The number of aromatic nitrogens is 2. The van der Waals surface area contributed by atoms with E-state index in [0.717, 1.165) is 17.3 Å². The molecule has 4 nitrogen and oxygen atoms in total. The van der Waals surface area contributed by atoms with Crippen LogP contribution in [0.3, 0.4) is 0 Å². The molecule has 0 saturated carbocycles. The van der Waals surface area contributed by atoms with Crippen molar-refractivity contribution in [2.45, 2.75) is 45.1 Å². The van der Waals surface area contributed by atoms with E-state index in [1.54, 1.807) is 6.20 Å². The number of hydrogen-bond donors (Lipinski definition) is 0. The van der Waals surface area contributed by atoms with Crippen LogP contribution in [0.4, 0.5) is 0 Å². The van der Waals surface area contributed by atoms with Crippen molar-refractivity contribution >= 4 is 17.7 Å². The van der Waals surface area contributed by atoms with Gasteiger partial charge in [0.1, 0.15) is 0 Å². The smallest absolute Gasteiger partial charge is 0.233 e. The van der Waals surface area contributed by atoms with Crippen molar-refractivity contribution in [1.29, 1.82) is 0 Å². The highest BCUT2D eigenvalue weighted by Crippen LogP contribution is 2.18. The van der Waals surface area contributed by atoms with E-state index in [1.807, 2.05) is 29.3 Å². The number of rotatable bonds is 7. The second-order valence-electron chi connectivity index (χ2n) is 5.39. The molecule has 118 valence electrons. The van der Waals surface area contributed by atoms with Crippen molar-refractivity contribution < 1.29 is 4.79 Å². The normalized spacial score (nSPS) is 10.9. The highest BCUT2D eigenvalue weighted by Gasteiger charge is 2.18. The Kier molecular flexibility index (Phi) is 6.07. The number of imidazole rings is 1. The minimum Gasteiger partial charge on any atom is -0.335 e. The molecule has 0 radical (unpaired) electrons. The Morgan fingerprint density at radius 2 is 2.05 bits per heavy atom. The molecule has 0 saturated heterocycles. The lowest BCUT2D eigenvalue weighted by Gasteiger charge is -2.26. The van der Waals surface area contributed by atoms with Crippen molar-refractivity contribution in [3.05, 3.63) is 48.3 Å². The molecule has 2 rings (SSSR count). The zero-order valence-corrected chi connectivity index (χ0v) is 14.2. The summed E-state index contributed by atoms with van der Waals surface area (Å²) in [7, 11) is 0. The van der Waals surface area contributed by atoms with Gasteiger partial charge in [-0.1, -0.05) is 42.1 Å². The quantitative estimate of drug-likeness (QED) is 0.734. The molecule has 1 aromatic carbocycles. The van der Waals surface area contributed by atoms with E-state index in [4.69, 9.17) is 0 Å². The maximum atomic E-state index is 12.6. The molecule has 0 aliphatic heterocycles. The summed E-state index contributed by atoms with van der Waals surface area (Å²) in [5.74, 6) is 0.566. The Hall–Kier alpha value is -1.75. The van der Waals surface area contributed by atoms with E-state index in [2.05, 4.69) is 42.5 Å². The van der Waals surface area contributed by atoms with Gasteiger partial charge in [-0.25, -0.2) is 4.98 Å². The largest absolute Gasteiger partial charge is 0.335 e. The number of nitrogens with zero attached hydrogens (tertiary/aromatic N) is 3. The van der Waals surface area contributed by atoms with Crippen molar-refractivity contribution in [2.75, 3.05) is 5.75 Å². The molecule has 0 aliphatic carbocycles. The Labute approximate surface area is 136 Å². The molecule has 1 amide bonds. The average Bonchev–Trinajstić information content (AvgIpc) is 2.98. The first-order chi connectivity index (χ1) is 10.6. The first-order valence-electron chi connectivity index (χ1n) is 7.59. The van der Waals surface area contributed by atoms with Crippen molar-refractivity contribution in [2.24, 2.45) is 0 Å². The first kappa shape index (κ1) is 16.6. The Morgan fingerprint density at radius 3 is 2.68 bits per heavy atom. The minimum absolute atomic E-state index is 0.148. The lowest BCUT2D eigenvalue weighted by Crippen LogP contribution is -2.37. The van der Waals surface area contributed by atoms with Gasteiger partial charge in [0.25, 0.3) is 0 Å². The Bertz CT molecular complexity index is 595. The highest BCUT2D eigenvalue weighted by molar-refractivity contribution is 7.99. The zero-order valence-electron chi connectivity index (χ0n) is 13.4. The number of thioether (sulfide) groups is 1. The fourth-order valence-corrected chi connectivity index (χ4v) is 3.13. The molecule has 5 heteroatoms. The number of aryl methyl sites for hydroxylation is 1. The van der Waals surface area contributed by atoms with E-state index in [0.29, 0.717) is 12.3 Å².